The smallest absolute Gasteiger partial charge is 0.0985 e. The number of hydrogen-bond donors (Lipinski definition) is 3. The van der Waals surface area contributed by atoms with E-state index in [1.54, 1.807) is 0 Å². The van der Waals surface area contributed by atoms with Crippen LogP contribution in [0, 0.1) is 52.3 Å². The lowest BCUT2D eigenvalue weighted by molar-refractivity contribution is -0.264. The summed E-state index contributed by atoms with van der Waals surface area (Å²) < 4.78 is 0. The Labute approximate surface area is 190 Å². The molecule has 178 valence electrons. The van der Waals surface area contributed by atoms with Gasteiger partial charge < -0.3 is 15.3 Å². The molecule has 4 fully saturated rings. The molecule has 0 amide bonds. The fourth-order valence-corrected chi connectivity index (χ4v) is 8.87. The van der Waals surface area contributed by atoms with E-state index in [0.717, 1.165) is 19.3 Å². The van der Waals surface area contributed by atoms with Crippen molar-refractivity contribution in [3.05, 3.63) is 12.2 Å². The molecule has 0 spiro atoms. The first-order chi connectivity index (χ1) is 14.4. The summed E-state index contributed by atoms with van der Waals surface area (Å²) in [6.07, 6.45) is 11.4. The van der Waals surface area contributed by atoms with Gasteiger partial charge in [-0.15, -0.1) is 0 Å². The van der Waals surface area contributed by atoms with E-state index < -0.39 is 17.8 Å². The standard InChI is InChI=1S/C28H48O3/c1-17(2)18(3)7-8-19(4)22-9-10-23-21-15-25(30)28(31)16-20(29)11-14-27(28,6)24(21)12-13-26(22,23)5/h7-8,17-25,29-31H,9-16H2,1-6H3/b8-7+/t18?,19?,20-,21?,22+,23?,24?,25+,26+,27+,28-/m0/s1. The molecule has 0 aromatic carbocycles. The molecule has 3 heteroatoms. The molecule has 3 nitrogen and oxygen atoms in total. The predicted molar refractivity (Wildman–Crippen MR) is 126 cm³/mol. The molecule has 11 atom stereocenters. The van der Waals surface area contributed by atoms with E-state index in [4.69, 9.17) is 0 Å². The molecular weight excluding hydrogens is 384 g/mol. The quantitative estimate of drug-likeness (QED) is 0.509. The number of rotatable bonds is 4. The Balaban J connectivity index is 1.56. The van der Waals surface area contributed by atoms with Crippen molar-refractivity contribution >= 4 is 0 Å². The SMILES string of the molecule is CC(C)C(C)/C=C/C(C)[C@H]1CCC2C3C[C@@H](O)[C@@]4(O)C[C@@H](O)CC[C@]4(C)C3CC[C@@]21C. The normalized spacial score (nSPS) is 51.9. The lowest BCUT2D eigenvalue weighted by atomic mass is 9.42. The topological polar surface area (TPSA) is 60.7 Å². The van der Waals surface area contributed by atoms with Gasteiger partial charge in [0.05, 0.1) is 17.8 Å². The van der Waals surface area contributed by atoms with Crippen molar-refractivity contribution < 1.29 is 15.3 Å². The van der Waals surface area contributed by atoms with Gasteiger partial charge in [-0.1, -0.05) is 53.7 Å². The van der Waals surface area contributed by atoms with Crippen LogP contribution in [0.3, 0.4) is 0 Å². The highest BCUT2D eigenvalue weighted by atomic mass is 16.3. The monoisotopic (exact) mass is 432 g/mol. The van der Waals surface area contributed by atoms with Crippen LogP contribution in [0.15, 0.2) is 12.2 Å². The van der Waals surface area contributed by atoms with Crippen LogP contribution in [0.25, 0.3) is 0 Å². The van der Waals surface area contributed by atoms with Crippen LogP contribution in [-0.4, -0.2) is 33.1 Å². The number of aliphatic hydroxyl groups is 3. The molecule has 0 aromatic rings. The molecule has 5 unspecified atom stereocenters. The molecule has 0 aromatic heterocycles. The van der Waals surface area contributed by atoms with E-state index >= 15 is 0 Å². The molecule has 4 aliphatic rings. The van der Waals surface area contributed by atoms with Gasteiger partial charge >= 0.3 is 0 Å². The summed E-state index contributed by atoms with van der Waals surface area (Å²) >= 11 is 0. The minimum atomic E-state index is -1.12. The van der Waals surface area contributed by atoms with Crippen LogP contribution in [0.2, 0.25) is 0 Å². The van der Waals surface area contributed by atoms with E-state index in [1.165, 1.54) is 19.3 Å². The Morgan fingerprint density at radius 1 is 0.871 bits per heavy atom. The number of hydrogen-bond acceptors (Lipinski definition) is 3. The molecule has 4 aliphatic carbocycles. The summed E-state index contributed by atoms with van der Waals surface area (Å²) in [4.78, 5) is 0. The average molecular weight is 433 g/mol. The van der Waals surface area contributed by atoms with Gasteiger partial charge in [0.2, 0.25) is 0 Å². The molecule has 0 radical (unpaired) electrons. The number of aliphatic hydroxyl groups excluding tert-OH is 2. The average Bonchev–Trinajstić information content (AvgIpc) is 3.05. The van der Waals surface area contributed by atoms with Gasteiger partial charge in [-0.05, 0) is 91.8 Å². The summed E-state index contributed by atoms with van der Waals surface area (Å²) in [6, 6.07) is 0. The van der Waals surface area contributed by atoms with Crippen molar-refractivity contribution in [3.8, 4) is 0 Å². The molecule has 3 N–H and O–H groups in total. The lowest BCUT2D eigenvalue weighted by Crippen LogP contribution is -2.68. The second-order valence-corrected chi connectivity index (χ2v) is 12.9. The van der Waals surface area contributed by atoms with Crippen LogP contribution in [0.4, 0.5) is 0 Å². The highest BCUT2D eigenvalue weighted by Crippen LogP contribution is 2.69. The molecule has 4 rings (SSSR count). The van der Waals surface area contributed by atoms with Gasteiger partial charge in [-0.2, -0.15) is 0 Å². The Hall–Kier alpha value is -0.380. The third-order valence-electron chi connectivity index (χ3n) is 11.3. The Bertz CT molecular complexity index is 688. The maximum atomic E-state index is 11.6. The lowest BCUT2D eigenvalue weighted by Gasteiger charge is -2.65. The molecule has 31 heavy (non-hydrogen) atoms. The summed E-state index contributed by atoms with van der Waals surface area (Å²) in [5.41, 5.74) is -1.06. The Morgan fingerprint density at radius 3 is 2.26 bits per heavy atom. The van der Waals surface area contributed by atoms with Crippen molar-refractivity contribution in [1.29, 1.82) is 0 Å². The second kappa shape index (κ2) is 8.13. The van der Waals surface area contributed by atoms with E-state index in [0.29, 0.717) is 59.7 Å². The summed E-state index contributed by atoms with van der Waals surface area (Å²) in [5, 5.41) is 33.1. The first-order valence-corrected chi connectivity index (χ1v) is 13.2. The molecular formula is C28H48O3. The van der Waals surface area contributed by atoms with Crippen LogP contribution in [-0.2, 0) is 0 Å². The highest BCUT2D eigenvalue weighted by molar-refractivity contribution is 5.17. The van der Waals surface area contributed by atoms with Gasteiger partial charge in [0.15, 0.2) is 0 Å². The first kappa shape index (κ1) is 23.8. The van der Waals surface area contributed by atoms with Gasteiger partial charge in [0, 0.05) is 11.8 Å². The van der Waals surface area contributed by atoms with Crippen molar-refractivity contribution in [3.63, 3.8) is 0 Å². The van der Waals surface area contributed by atoms with Crippen LogP contribution in [0.5, 0.6) is 0 Å². The van der Waals surface area contributed by atoms with Crippen molar-refractivity contribution in [2.45, 2.75) is 111 Å². The Morgan fingerprint density at radius 2 is 1.58 bits per heavy atom. The highest BCUT2D eigenvalue weighted by Gasteiger charge is 2.67. The number of fused-ring (bicyclic) bond motifs is 5. The van der Waals surface area contributed by atoms with Gasteiger partial charge in [0.1, 0.15) is 0 Å². The van der Waals surface area contributed by atoms with Gasteiger partial charge in [0.25, 0.3) is 0 Å². The Kier molecular flexibility index (Phi) is 6.24. The van der Waals surface area contributed by atoms with Crippen LogP contribution in [0.1, 0.15) is 92.9 Å². The van der Waals surface area contributed by atoms with Gasteiger partial charge in [-0.3, -0.25) is 0 Å². The molecule has 0 bridgehead atoms. The third kappa shape index (κ3) is 3.56. The zero-order valence-electron chi connectivity index (χ0n) is 20.8. The van der Waals surface area contributed by atoms with E-state index in [2.05, 4.69) is 53.7 Å². The van der Waals surface area contributed by atoms with Crippen LogP contribution >= 0.6 is 0 Å². The second-order valence-electron chi connectivity index (χ2n) is 12.9. The van der Waals surface area contributed by atoms with E-state index in [1.807, 2.05) is 0 Å². The first-order valence-electron chi connectivity index (χ1n) is 13.2. The van der Waals surface area contributed by atoms with Crippen molar-refractivity contribution in [2.75, 3.05) is 0 Å². The zero-order valence-corrected chi connectivity index (χ0v) is 20.8. The summed E-state index contributed by atoms with van der Waals surface area (Å²) in [7, 11) is 0. The van der Waals surface area contributed by atoms with E-state index in [-0.39, 0.29) is 5.41 Å². The predicted octanol–water partition coefficient (Wildman–Crippen LogP) is 5.58. The molecule has 0 heterocycles. The molecule has 0 saturated heterocycles. The minimum Gasteiger partial charge on any atom is -0.393 e. The van der Waals surface area contributed by atoms with Gasteiger partial charge in [-0.25, -0.2) is 0 Å². The number of allylic oxidation sites excluding steroid dienone is 2. The maximum Gasteiger partial charge on any atom is 0.0985 e. The van der Waals surface area contributed by atoms with Crippen molar-refractivity contribution in [2.24, 2.45) is 52.3 Å². The molecule has 4 saturated carbocycles. The zero-order chi connectivity index (χ0) is 22.8. The maximum absolute atomic E-state index is 11.6. The third-order valence-corrected chi connectivity index (χ3v) is 11.3. The van der Waals surface area contributed by atoms with Crippen molar-refractivity contribution in [1.82, 2.24) is 0 Å². The van der Waals surface area contributed by atoms with E-state index in [9.17, 15) is 15.3 Å². The fourth-order valence-electron chi connectivity index (χ4n) is 8.87. The summed E-state index contributed by atoms with van der Waals surface area (Å²) in [5.74, 6) is 4.24. The van der Waals surface area contributed by atoms with Crippen LogP contribution < -0.4 is 0 Å². The largest absolute Gasteiger partial charge is 0.393 e. The fraction of sp³-hybridized carbons (Fsp3) is 0.929. The minimum absolute atomic E-state index is 0.272. The molecule has 0 aliphatic heterocycles. The summed E-state index contributed by atoms with van der Waals surface area (Å²) in [6.45, 7) is 14.1.